The van der Waals surface area contributed by atoms with E-state index in [1.54, 1.807) is 29.8 Å². The Morgan fingerprint density at radius 2 is 2.13 bits per heavy atom. The summed E-state index contributed by atoms with van der Waals surface area (Å²) in [6.07, 6.45) is 1.87. The molecule has 0 bridgehead atoms. The fraction of sp³-hybridized carbons (Fsp3) is 0.357. The zero-order valence-corrected chi connectivity index (χ0v) is 14.6. The summed E-state index contributed by atoms with van der Waals surface area (Å²) in [5, 5.41) is 4.36. The molecule has 0 fully saturated rings. The third-order valence-corrected chi connectivity index (χ3v) is 5.76. The van der Waals surface area contributed by atoms with Gasteiger partial charge in [0.15, 0.2) is 0 Å². The molecule has 1 atom stereocenters. The fourth-order valence-corrected chi connectivity index (χ4v) is 4.47. The minimum absolute atomic E-state index is 0.149. The predicted molar refractivity (Wildman–Crippen MR) is 88.8 cm³/mol. The van der Waals surface area contributed by atoms with Gasteiger partial charge in [0.25, 0.3) is 0 Å². The summed E-state index contributed by atoms with van der Waals surface area (Å²) in [7, 11) is -3.70. The van der Waals surface area contributed by atoms with Crippen LogP contribution in [0.25, 0.3) is 11.0 Å². The maximum atomic E-state index is 12.7. The number of hydrogen-bond acceptors (Lipinski definition) is 6. The van der Waals surface area contributed by atoms with Gasteiger partial charge in [0.05, 0.1) is 17.4 Å². The molecule has 7 nitrogen and oxygen atoms in total. The van der Waals surface area contributed by atoms with Crippen molar-refractivity contribution in [1.29, 1.82) is 0 Å². The van der Waals surface area contributed by atoms with Gasteiger partial charge < -0.3 is 0 Å². The highest BCUT2D eigenvalue weighted by atomic mass is 32.2. The van der Waals surface area contributed by atoms with E-state index < -0.39 is 10.0 Å². The largest absolute Gasteiger partial charge is 0.272 e. The van der Waals surface area contributed by atoms with Gasteiger partial charge in [-0.2, -0.15) is 13.8 Å². The van der Waals surface area contributed by atoms with E-state index in [2.05, 4.69) is 18.6 Å². The second kappa shape index (κ2) is 5.99. The summed E-state index contributed by atoms with van der Waals surface area (Å²) in [6, 6.07) is 4.57. The number of hydrogen-bond donors (Lipinski definition) is 1. The molecule has 0 spiro atoms. The normalized spacial score (nSPS) is 13.5. The lowest BCUT2D eigenvalue weighted by Gasteiger charge is -2.13. The molecule has 0 aliphatic carbocycles. The van der Waals surface area contributed by atoms with Gasteiger partial charge in [-0.25, -0.2) is 13.1 Å². The first-order chi connectivity index (χ1) is 10.9. The zero-order valence-electron chi connectivity index (χ0n) is 13.0. The van der Waals surface area contributed by atoms with Crippen LogP contribution in [0, 0.1) is 6.92 Å². The van der Waals surface area contributed by atoms with Crippen LogP contribution in [0.15, 0.2) is 29.3 Å². The average molecular weight is 351 g/mol. The molecule has 0 saturated heterocycles. The number of nitrogens with zero attached hydrogens (tertiary/aromatic N) is 4. The van der Waals surface area contributed by atoms with Crippen molar-refractivity contribution in [3.05, 3.63) is 35.7 Å². The SMILES string of the molecule is CCn1cc(C(C)NS(=O)(=O)c2cccc3nsnc23)c(C)n1. The number of sulfonamides is 1. The van der Waals surface area contributed by atoms with Crippen LogP contribution in [0.3, 0.4) is 0 Å². The summed E-state index contributed by atoms with van der Waals surface area (Å²) >= 11 is 1.00. The summed E-state index contributed by atoms with van der Waals surface area (Å²) in [5.41, 5.74) is 2.66. The van der Waals surface area contributed by atoms with Crippen LogP contribution >= 0.6 is 11.7 Å². The molecule has 9 heteroatoms. The van der Waals surface area contributed by atoms with Gasteiger partial charge in [-0.15, -0.1) is 0 Å². The number of benzene rings is 1. The van der Waals surface area contributed by atoms with Crippen LogP contribution in [0.1, 0.15) is 31.1 Å². The van der Waals surface area contributed by atoms with E-state index >= 15 is 0 Å². The topological polar surface area (TPSA) is 89.8 Å². The molecular formula is C14H17N5O2S2. The summed E-state index contributed by atoms with van der Waals surface area (Å²) in [4.78, 5) is 0.149. The van der Waals surface area contributed by atoms with Gasteiger partial charge in [0.2, 0.25) is 10.0 Å². The molecule has 1 unspecified atom stereocenters. The lowest BCUT2D eigenvalue weighted by molar-refractivity contribution is 0.567. The summed E-state index contributed by atoms with van der Waals surface area (Å²) in [5.74, 6) is 0. The first-order valence-electron chi connectivity index (χ1n) is 7.20. The molecule has 0 amide bonds. The third kappa shape index (κ3) is 2.99. The van der Waals surface area contributed by atoms with Gasteiger partial charge in [-0.1, -0.05) is 6.07 Å². The Morgan fingerprint density at radius 3 is 2.83 bits per heavy atom. The van der Waals surface area contributed by atoms with Gasteiger partial charge in [-0.3, -0.25) is 4.68 Å². The Morgan fingerprint density at radius 1 is 1.35 bits per heavy atom. The lowest BCUT2D eigenvalue weighted by atomic mass is 10.1. The highest BCUT2D eigenvalue weighted by molar-refractivity contribution is 7.89. The minimum atomic E-state index is -3.70. The van der Waals surface area contributed by atoms with Crippen molar-refractivity contribution in [2.45, 2.75) is 38.3 Å². The first kappa shape index (κ1) is 16.0. The molecule has 3 rings (SSSR count). The third-order valence-electron chi connectivity index (χ3n) is 3.65. The van der Waals surface area contributed by atoms with Crippen LogP contribution in [0.2, 0.25) is 0 Å². The van der Waals surface area contributed by atoms with E-state index in [-0.39, 0.29) is 10.9 Å². The number of rotatable bonds is 5. The highest BCUT2D eigenvalue weighted by Crippen LogP contribution is 2.24. The summed E-state index contributed by atoms with van der Waals surface area (Å²) in [6.45, 7) is 6.41. The number of aromatic nitrogens is 4. The molecule has 2 aromatic heterocycles. The molecule has 0 saturated carbocycles. The Hall–Kier alpha value is -1.84. The smallest absolute Gasteiger partial charge is 0.243 e. The van der Waals surface area contributed by atoms with Gasteiger partial charge in [-0.05, 0) is 32.9 Å². The van der Waals surface area contributed by atoms with E-state index in [1.165, 1.54) is 0 Å². The second-order valence-corrected chi connectivity index (χ2v) is 7.47. The van der Waals surface area contributed by atoms with Crippen molar-refractivity contribution in [3.63, 3.8) is 0 Å². The second-order valence-electron chi connectivity index (χ2n) is 5.26. The maximum Gasteiger partial charge on any atom is 0.243 e. The molecule has 3 aromatic rings. The molecule has 122 valence electrons. The molecule has 0 radical (unpaired) electrons. The van der Waals surface area contributed by atoms with Crippen LogP contribution in [0.5, 0.6) is 0 Å². The average Bonchev–Trinajstić information content (AvgIpc) is 3.12. The van der Waals surface area contributed by atoms with E-state index in [0.717, 1.165) is 29.5 Å². The van der Waals surface area contributed by atoms with Crippen molar-refractivity contribution in [3.8, 4) is 0 Å². The number of aryl methyl sites for hydroxylation is 2. The van der Waals surface area contributed by atoms with Gasteiger partial charge in [0, 0.05) is 24.3 Å². The fourth-order valence-electron chi connectivity index (χ4n) is 2.48. The van der Waals surface area contributed by atoms with E-state index in [0.29, 0.717) is 11.0 Å². The van der Waals surface area contributed by atoms with Gasteiger partial charge >= 0.3 is 0 Å². The first-order valence-corrected chi connectivity index (χ1v) is 9.41. The molecule has 23 heavy (non-hydrogen) atoms. The molecule has 2 heterocycles. The van der Waals surface area contributed by atoms with Crippen LogP contribution < -0.4 is 4.72 Å². The Labute approximate surface area is 138 Å². The standard InChI is InChI=1S/C14H17N5O2S2/c1-4-19-8-11(9(2)15-19)10(3)18-23(20,21)13-7-5-6-12-14(13)17-22-16-12/h5-8,10,18H,4H2,1-3H3. The Kier molecular flexibility index (Phi) is 4.17. The number of fused-ring (bicyclic) bond motifs is 1. The summed E-state index contributed by atoms with van der Waals surface area (Å²) < 4.78 is 38.1. The number of nitrogens with one attached hydrogen (secondary N) is 1. The molecule has 1 aromatic carbocycles. The molecule has 0 aliphatic heterocycles. The Bertz CT molecular complexity index is 945. The van der Waals surface area contributed by atoms with Crippen LogP contribution in [-0.2, 0) is 16.6 Å². The van der Waals surface area contributed by atoms with Crippen LogP contribution in [0.4, 0.5) is 0 Å². The Balaban J connectivity index is 1.94. The van der Waals surface area contributed by atoms with Crippen molar-refractivity contribution in [1.82, 2.24) is 23.2 Å². The van der Waals surface area contributed by atoms with Crippen molar-refractivity contribution in [2.24, 2.45) is 0 Å². The van der Waals surface area contributed by atoms with E-state index in [4.69, 9.17) is 0 Å². The maximum absolute atomic E-state index is 12.7. The monoisotopic (exact) mass is 351 g/mol. The minimum Gasteiger partial charge on any atom is -0.272 e. The lowest BCUT2D eigenvalue weighted by Crippen LogP contribution is -2.27. The highest BCUT2D eigenvalue weighted by Gasteiger charge is 2.24. The van der Waals surface area contributed by atoms with E-state index in [1.807, 2.05) is 20.0 Å². The van der Waals surface area contributed by atoms with Crippen molar-refractivity contribution in [2.75, 3.05) is 0 Å². The predicted octanol–water partition coefficient (Wildman–Crippen LogP) is 2.26. The van der Waals surface area contributed by atoms with E-state index in [9.17, 15) is 8.42 Å². The van der Waals surface area contributed by atoms with Crippen LogP contribution in [-0.4, -0.2) is 26.9 Å². The van der Waals surface area contributed by atoms with Crippen molar-refractivity contribution >= 4 is 32.8 Å². The molecular weight excluding hydrogens is 334 g/mol. The van der Waals surface area contributed by atoms with Crippen molar-refractivity contribution < 1.29 is 8.42 Å². The molecule has 0 aliphatic rings. The zero-order chi connectivity index (χ0) is 16.6. The molecule has 1 N–H and O–H groups in total. The quantitative estimate of drug-likeness (QED) is 0.761. The van der Waals surface area contributed by atoms with Gasteiger partial charge in [0.1, 0.15) is 15.9 Å².